The van der Waals surface area contributed by atoms with Crippen LogP contribution < -0.4 is 5.43 Å². The number of aryl methyl sites for hydroxylation is 2. The highest BCUT2D eigenvalue weighted by Gasteiger charge is 2.03. The first-order valence-corrected chi connectivity index (χ1v) is 9.39. The van der Waals surface area contributed by atoms with Crippen molar-refractivity contribution in [2.75, 3.05) is 5.43 Å². The Balaban J connectivity index is 1.65. The van der Waals surface area contributed by atoms with Gasteiger partial charge in [0.2, 0.25) is 0 Å². The Morgan fingerprint density at radius 3 is 2.67 bits per heavy atom. The molecule has 0 bridgehead atoms. The van der Waals surface area contributed by atoms with Crippen LogP contribution in [0.15, 0.2) is 54.2 Å². The van der Waals surface area contributed by atoms with E-state index in [2.05, 4.69) is 56.8 Å². The van der Waals surface area contributed by atoms with Crippen LogP contribution >= 0.6 is 0 Å². The fourth-order valence-corrected chi connectivity index (χ4v) is 2.77. The van der Waals surface area contributed by atoms with Gasteiger partial charge in [0.05, 0.1) is 11.9 Å². The summed E-state index contributed by atoms with van der Waals surface area (Å²) < 4.78 is 1.72. The van der Waals surface area contributed by atoms with Crippen molar-refractivity contribution in [1.82, 2.24) is 19.7 Å². The lowest BCUT2D eigenvalue weighted by Gasteiger charge is -2.06. The molecule has 0 aliphatic rings. The minimum atomic E-state index is 0.628. The summed E-state index contributed by atoms with van der Waals surface area (Å²) in [6.45, 7) is 6.21. The predicted octanol–water partition coefficient (Wildman–Crippen LogP) is 4.54. The molecule has 6 nitrogen and oxygen atoms in total. The van der Waals surface area contributed by atoms with Crippen LogP contribution in [0.3, 0.4) is 0 Å². The molecule has 0 aliphatic heterocycles. The van der Waals surface area contributed by atoms with Gasteiger partial charge in [-0.05, 0) is 43.4 Å². The lowest BCUT2D eigenvalue weighted by molar-refractivity contribution is 0.717. The second kappa shape index (κ2) is 9.07. The fourth-order valence-electron chi connectivity index (χ4n) is 2.77. The highest BCUT2D eigenvalue weighted by molar-refractivity contribution is 5.99. The van der Waals surface area contributed by atoms with Crippen LogP contribution in [0.5, 0.6) is 0 Å². The summed E-state index contributed by atoms with van der Waals surface area (Å²) in [5.74, 6) is 1.33. The van der Waals surface area contributed by atoms with Gasteiger partial charge < -0.3 is 0 Å². The molecule has 0 aliphatic carbocycles. The van der Waals surface area contributed by atoms with E-state index in [9.17, 15) is 0 Å². The first kappa shape index (κ1) is 18.8. The zero-order valence-electron chi connectivity index (χ0n) is 16.2. The Morgan fingerprint density at radius 1 is 1.15 bits per heavy atom. The topological polar surface area (TPSA) is 68.0 Å². The molecule has 0 radical (unpaired) electrons. The number of rotatable bonds is 8. The molecular formula is C21H26N6. The fraction of sp³-hybridized carbons (Fsp3) is 0.333. The Labute approximate surface area is 160 Å². The van der Waals surface area contributed by atoms with Crippen molar-refractivity contribution in [3.05, 3.63) is 65.7 Å². The van der Waals surface area contributed by atoms with Gasteiger partial charge in [0.25, 0.3) is 0 Å². The molecule has 0 atom stereocenters. The van der Waals surface area contributed by atoms with Crippen molar-refractivity contribution >= 4 is 11.5 Å². The van der Waals surface area contributed by atoms with Crippen LogP contribution in [-0.4, -0.2) is 25.5 Å². The highest BCUT2D eigenvalue weighted by atomic mass is 15.3. The first-order valence-electron chi connectivity index (χ1n) is 9.39. The second-order valence-corrected chi connectivity index (χ2v) is 6.69. The average Bonchev–Trinajstić information content (AvgIpc) is 3.13. The molecule has 6 heteroatoms. The molecule has 0 saturated carbocycles. The number of hydrazone groups is 1. The van der Waals surface area contributed by atoms with Crippen molar-refractivity contribution in [2.45, 2.75) is 46.5 Å². The van der Waals surface area contributed by atoms with Crippen molar-refractivity contribution < 1.29 is 0 Å². The van der Waals surface area contributed by atoms with Crippen molar-refractivity contribution in [1.29, 1.82) is 0 Å². The van der Waals surface area contributed by atoms with Gasteiger partial charge in [0.15, 0.2) is 11.6 Å². The molecule has 1 aromatic carbocycles. The summed E-state index contributed by atoms with van der Waals surface area (Å²) in [4.78, 5) is 8.47. The maximum Gasteiger partial charge on any atom is 0.158 e. The molecule has 0 saturated heterocycles. The van der Waals surface area contributed by atoms with Crippen molar-refractivity contribution in [3.8, 4) is 5.82 Å². The summed E-state index contributed by atoms with van der Waals surface area (Å²) in [7, 11) is 0. The SMILES string of the molecule is CCCCCc1ccc(/C(C)=N/Nc2cc(-n3cc(C)cn3)ncn2)cc1. The maximum atomic E-state index is 4.46. The summed E-state index contributed by atoms with van der Waals surface area (Å²) in [6.07, 6.45) is 10.1. The zero-order valence-corrected chi connectivity index (χ0v) is 16.2. The monoisotopic (exact) mass is 362 g/mol. The largest absolute Gasteiger partial charge is 0.261 e. The van der Waals surface area contributed by atoms with E-state index in [1.54, 1.807) is 10.9 Å². The van der Waals surface area contributed by atoms with E-state index in [-0.39, 0.29) is 0 Å². The van der Waals surface area contributed by atoms with Crippen LogP contribution in [0, 0.1) is 6.92 Å². The molecule has 3 aromatic rings. The second-order valence-electron chi connectivity index (χ2n) is 6.69. The van der Waals surface area contributed by atoms with E-state index < -0.39 is 0 Å². The van der Waals surface area contributed by atoms with E-state index in [1.807, 2.05) is 26.1 Å². The van der Waals surface area contributed by atoms with E-state index in [4.69, 9.17) is 0 Å². The predicted molar refractivity (Wildman–Crippen MR) is 109 cm³/mol. The third kappa shape index (κ3) is 5.23. The van der Waals surface area contributed by atoms with Crippen molar-refractivity contribution in [2.24, 2.45) is 5.10 Å². The van der Waals surface area contributed by atoms with Gasteiger partial charge in [-0.2, -0.15) is 10.2 Å². The van der Waals surface area contributed by atoms with E-state index in [1.165, 1.54) is 31.2 Å². The molecule has 0 unspecified atom stereocenters. The molecule has 27 heavy (non-hydrogen) atoms. The molecule has 3 rings (SSSR count). The van der Waals surface area contributed by atoms with Crippen LogP contribution in [0.25, 0.3) is 5.82 Å². The Bertz CT molecular complexity index is 895. The molecule has 0 spiro atoms. The Morgan fingerprint density at radius 2 is 1.96 bits per heavy atom. The zero-order chi connectivity index (χ0) is 19.1. The molecule has 2 heterocycles. The quantitative estimate of drug-likeness (QED) is 0.363. The average molecular weight is 362 g/mol. The summed E-state index contributed by atoms with van der Waals surface area (Å²) in [5, 5.41) is 8.72. The number of nitrogens with one attached hydrogen (secondary N) is 1. The van der Waals surface area contributed by atoms with Gasteiger partial charge in [-0.15, -0.1) is 0 Å². The Hall–Kier alpha value is -3.02. The molecule has 2 aromatic heterocycles. The van der Waals surface area contributed by atoms with Crippen LogP contribution in [-0.2, 0) is 6.42 Å². The maximum absolute atomic E-state index is 4.46. The molecule has 1 N–H and O–H groups in total. The van der Waals surface area contributed by atoms with Crippen molar-refractivity contribution in [3.63, 3.8) is 0 Å². The lowest BCUT2D eigenvalue weighted by atomic mass is 10.0. The van der Waals surface area contributed by atoms with Gasteiger partial charge in [-0.25, -0.2) is 14.6 Å². The lowest BCUT2D eigenvalue weighted by Crippen LogP contribution is -2.03. The minimum absolute atomic E-state index is 0.628. The number of hydrogen-bond acceptors (Lipinski definition) is 5. The number of unbranched alkanes of at least 4 members (excludes halogenated alkanes) is 2. The number of anilines is 1. The number of hydrogen-bond donors (Lipinski definition) is 1. The van der Waals surface area contributed by atoms with Gasteiger partial charge in [0.1, 0.15) is 6.33 Å². The third-order valence-electron chi connectivity index (χ3n) is 4.38. The van der Waals surface area contributed by atoms with Gasteiger partial charge >= 0.3 is 0 Å². The Kier molecular flexibility index (Phi) is 6.30. The molecule has 140 valence electrons. The molecule has 0 fully saturated rings. The first-order chi connectivity index (χ1) is 13.2. The summed E-state index contributed by atoms with van der Waals surface area (Å²) in [5.41, 5.74) is 7.47. The van der Waals surface area contributed by atoms with E-state index >= 15 is 0 Å². The molecule has 0 amide bonds. The third-order valence-corrected chi connectivity index (χ3v) is 4.38. The van der Waals surface area contributed by atoms with E-state index in [0.717, 1.165) is 23.3 Å². The summed E-state index contributed by atoms with van der Waals surface area (Å²) >= 11 is 0. The highest BCUT2D eigenvalue weighted by Crippen LogP contribution is 2.12. The smallest absolute Gasteiger partial charge is 0.158 e. The van der Waals surface area contributed by atoms with Gasteiger partial charge in [0, 0.05) is 12.3 Å². The van der Waals surface area contributed by atoms with Crippen LogP contribution in [0.1, 0.15) is 49.8 Å². The van der Waals surface area contributed by atoms with Gasteiger partial charge in [-0.1, -0.05) is 44.0 Å². The standard InChI is InChI=1S/C21H26N6/c1-4-5-6-7-18-8-10-19(11-9-18)17(3)25-26-20-12-21(23-15-22-20)27-14-16(2)13-24-27/h8-15H,4-7H2,1-3H3,(H,22,23,26)/b25-17+. The van der Waals surface area contributed by atoms with E-state index in [0.29, 0.717) is 11.6 Å². The minimum Gasteiger partial charge on any atom is -0.261 e. The normalized spacial score (nSPS) is 11.6. The summed E-state index contributed by atoms with van der Waals surface area (Å²) in [6, 6.07) is 10.4. The number of benzene rings is 1. The van der Waals surface area contributed by atoms with Gasteiger partial charge in [-0.3, -0.25) is 5.43 Å². The molecular weight excluding hydrogens is 336 g/mol. The number of nitrogens with zero attached hydrogens (tertiary/aromatic N) is 5. The van der Waals surface area contributed by atoms with Crippen LogP contribution in [0.4, 0.5) is 5.82 Å². The van der Waals surface area contributed by atoms with Crippen LogP contribution in [0.2, 0.25) is 0 Å². The number of aromatic nitrogens is 4.